The Labute approximate surface area is 201 Å². The Bertz CT molecular complexity index is 1400. The molecule has 33 heavy (non-hydrogen) atoms. The van der Waals surface area contributed by atoms with Crippen LogP contribution in [0.4, 0.5) is 11.4 Å². The Morgan fingerprint density at radius 1 is 1.00 bits per heavy atom. The Morgan fingerprint density at radius 2 is 1.73 bits per heavy atom. The lowest BCUT2D eigenvalue weighted by molar-refractivity contribution is 0.313. The van der Waals surface area contributed by atoms with E-state index in [1.807, 2.05) is 43.3 Å². The van der Waals surface area contributed by atoms with Crippen LogP contribution >= 0.6 is 23.2 Å². The van der Waals surface area contributed by atoms with Gasteiger partial charge in [-0.05, 0) is 53.6 Å². The molecule has 1 aromatic heterocycles. The molecular formula is C25H21Cl2N3O3. The van der Waals surface area contributed by atoms with Crippen molar-refractivity contribution < 1.29 is 14.2 Å². The molecule has 0 amide bonds. The Kier molecular flexibility index (Phi) is 6.64. The van der Waals surface area contributed by atoms with E-state index in [-0.39, 0.29) is 0 Å². The molecule has 4 rings (SSSR count). The number of aryl methyl sites for hydroxylation is 1. The lowest BCUT2D eigenvalue weighted by atomic mass is 10.0. The third-order valence-corrected chi connectivity index (χ3v) is 5.78. The van der Waals surface area contributed by atoms with Gasteiger partial charge in [-0.2, -0.15) is 5.26 Å². The molecule has 0 aliphatic rings. The summed E-state index contributed by atoms with van der Waals surface area (Å²) < 4.78 is 16.7. The van der Waals surface area contributed by atoms with E-state index in [9.17, 15) is 5.26 Å². The lowest BCUT2D eigenvalue weighted by Gasteiger charge is -2.16. The monoisotopic (exact) mass is 481 g/mol. The maximum absolute atomic E-state index is 9.76. The highest BCUT2D eigenvalue weighted by Crippen LogP contribution is 2.39. The van der Waals surface area contributed by atoms with Gasteiger partial charge in [0.05, 0.1) is 47.6 Å². The third kappa shape index (κ3) is 4.43. The molecule has 0 unspecified atom stereocenters. The Morgan fingerprint density at radius 3 is 2.42 bits per heavy atom. The van der Waals surface area contributed by atoms with Gasteiger partial charge in [0.2, 0.25) is 0 Å². The van der Waals surface area contributed by atoms with Gasteiger partial charge in [0.25, 0.3) is 0 Å². The van der Waals surface area contributed by atoms with E-state index >= 15 is 0 Å². The number of pyridine rings is 1. The van der Waals surface area contributed by atoms with E-state index in [2.05, 4.69) is 16.4 Å². The fourth-order valence-corrected chi connectivity index (χ4v) is 4.03. The first-order chi connectivity index (χ1) is 16.0. The van der Waals surface area contributed by atoms with Crippen LogP contribution in [-0.4, -0.2) is 31.7 Å². The van der Waals surface area contributed by atoms with E-state index in [1.54, 1.807) is 20.4 Å². The molecule has 0 aliphatic carbocycles. The average Bonchev–Trinajstić information content (AvgIpc) is 2.82. The van der Waals surface area contributed by atoms with Gasteiger partial charge >= 0.3 is 0 Å². The van der Waals surface area contributed by atoms with Crippen molar-refractivity contribution in [2.45, 2.75) is 6.92 Å². The number of nitrogens with one attached hydrogen (secondary N) is 1. The van der Waals surface area contributed by atoms with Crippen LogP contribution in [0.2, 0.25) is 5.02 Å². The Hall–Kier alpha value is -3.40. The van der Waals surface area contributed by atoms with Gasteiger partial charge in [-0.15, -0.1) is 11.6 Å². The summed E-state index contributed by atoms with van der Waals surface area (Å²) >= 11 is 12.3. The van der Waals surface area contributed by atoms with Crippen LogP contribution in [0.3, 0.4) is 0 Å². The van der Waals surface area contributed by atoms with Gasteiger partial charge in [0.1, 0.15) is 18.4 Å². The molecule has 1 heterocycles. The first kappa shape index (κ1) is 22.8. The molecule has 4 aromatic rings. The Balaban J connectivity index is 1.91. The summed E-state index contributed by atoms with van der Waals surface area (Å²) in [6.45, 7) is 2.28. The topological polar surface area (TPSA) is 76.4 Å². The first-order valence-electron chi connectivity index (χ1n) is 10.1. The largest absolute Gasteiger partial charge is 0.496 e. The fourth-order valence-electron chi connectivity index (χ4n) is 3.69. The summed E-state index contributed by atoms with van der Waals surface area (Å²) in [6.07, 6.45) is 1.55. The van der Waals surface area contributed by atoms with Crippen molar-refractivity contribution in [1.29, 1.82) is 5.26 Å². The van der Waals surface area contributed by atoms with Crippen LogP contribution in [0, 0.1) is 18.3 Å². The summed E-state index contributed by atoms with van der Waals surface area (Å²) in [4.78, 5) is 4.49. The molecular weight excluding hydrogens is 461 g/mol. The van der Waals surface area contributed by atoms with E-state index < -0.39 is 0 Å². The second-order valence-electron chi connectivity index (χ2n) is 7.34. The predicted octanol–water partition coefficient (Wildman–Crippen LogP) is 6.60. The summed E-state index contributed by atoms with van der Waals surface area (Å²) in [5.74, 6) is 2.26. The predicted molar refractivity (Wildman–Crippen MR) is 133 cm³/mol. The number of rotatable bonds is 7. The zero-order chi connectivity index (χ0) is 23.5. The minimum absolute atomic E-state index is 0.359. The standard InChI is InChI=1S/C25H21Cl2N3O3/c1-14-6-19(27)21(11-22(14)31-2)30-25-17(12-28)13-29-20-8-16-9-23(32-3)24(33-5-4-26)10-15(16)7-18(20)25/h6-11,13H,4-5H2,1-3H3,(H,29,30). The van der Waals surface area contributed by atoms with Crippen molar-refractivity contribution in [3.05, 3.63) is 58.7 Å². The van der Waals surface area contributed by atoms with E-state index in [1.165, 1.54) is 0 Å². The molecule has 0 atom stereocenters. The maximum atomic E-state index is 9.76. The van der Waals surface area contributed by atoms with Gasteiger partial charge in [0.15, 0.2) is 11.5 Å². The SMILES string of the molecule is COc1cc(Nc2c(C#N)cnc3cc4cc(OC)c(OCCCl)cc4cc23)c(Cl)cc1C. The first-order valence-corrected chi connectivity index (χ1v) is 11.0. The number of benzene rings is 3. The molecule has 0 aliphatic heterocycles. The van der Waals surface area contributed by atoms with Crippen LogP contribution in [0.25, 0.3) is 21.7 Å². The van der Waals surface area contributed by atoms with E-state index in [0.29, 0.717) is 51.7 Å². The molecule has 1 N–H and O–H groups in total. The van der Waals surface area contributed by atoms with Crippen LogP contribution in [0.15, 0.2) is 42.6 Å². The summed E-state index contributed by atoms with van der Waals surface area (Å²) in [6, 6.07) is 13.6. The van der Waals surface area contributed by atoms with Gasteiger partial charge < -0.3 is 19.5 Å². The molecule has 0 spiro atoms. The van der Waals surface area contributed by atoms with Gasteiger partial charge in [-0.3, -0.25) is 4.98 Å². The summed E-state index contributed by atoms with van der Waals surface area (Å²) in [5, 5.41) is 16.2. The number of nitriles is 1. The number of alkyl halides is 1. The van der Waals surface area contributed by atoms with Crippen molar-refractivity contribution in [2.75, 3.05) is 32.0 Å². The zero-order valence-electron chi connectivity index (χ0n) is 18.3. The highest BCUT2D eigenvalue weighted by molar-refractivity contribution is 6.33. The molecule has 0 fully saturated rings. The third-order valence-electron chi connectivity index (χ3n) is 5.31. The van der Waals surface area contributed by atoms with E-state index in [0.717, 1.165) is 27.2 Å². The lowest BCUT2D eigenvalue weighted by Crippen LogP contribution is -2.01. The van der Waals surface area contributed by atoms with Crippen molar-refractivity contribution in [2.24, 2.45) is 0 Å². The maximum Gasteiger partial charge on any atom is 0.161 e. The number of hydrogen-bond acceptors (Lipinski definition) is 6. The van der Waals surface area contributed by atoms with Crippen LogP contribution in [0.1, 0.15) is 11.1 Å². The van der Waals surface area contributed by atoms with Crippen LogP contribution in [0.5, 0.6) is 17.2 Å². The second-order valence-corrected chi connectivity index (χ2v) is 8.13. The van der Waals surface area contributed by atoms with Crippen molar-refractivity contribution in [3.8, 4) is 23.3 Å². The molecule has 0 saturated heterocycles. The molecule has 0 bridgehead atoms. The van der Waals surface area contributed by atoms with E-state index in [4.69, 9.17) is 37.4 Å². The quantitative estimate of drug-likeness (QED) is 0.236. The number of halogens is 2. The van der Waals surface area contributed by atoms with Crippen LogP contribution < -0.4 is 19.5 Å². The summed E-state index contributed by atoms with van der Waals surface area (Å²) in [5.41, 5.74) is 3.26. The van der Waals surface area contributed by atoms with Gasteiger partial charge in [-0.1, -0.05) is 11.6 Å². The van der Waals surface area contributed by atoms with Crippen LogP contribution in [-0.2, 0) is 0 Å². The highest BCUT2D eigenvalue weighted by atomic mass is 35.5. The number of anilines is 2. The minimum atomic E-state index is 0.359. The molecule has 6 nitrogen and oxygen atoms in total. The average molecular weight is 482 g/mol. The second kappa shape index (κ2) is 9.62. The molecule has 0 saturated carbocycles. The molecule has 3 aromatic carbocycles. The highest BCUT2D eigenvalue weighted by Gasteiger charge is 2.15. The number of methoxy groups -OCH3 is 2. The number of ether oxygens (including phenoxy) is 3. The molecule has 168 valence electrons. The van der Waals surface area contributed by atoms with Gasteiger partial charge in [0, 0.05) is 17.6 Å². The normalized spacial score (nSPS) is 10.8. The van der Waals surface area contributed by atoms with Crippen molar-refractivity contribution in [1.82, 2.24) is 4.98 Å². The smallest absolute Gasteiger partial charge is 0.161 e. The fraction of sp³-hybridized carbons (Fsp3) is 0.200. The molecule has 0 radical (unpaired) electrons. The number of hydrogen-bond donors (Lipinski definition) is 1. The van der Waals surface area contributed by atoms with Crippen molar-refractivity contribution in [3.63, 3.8) is 0 Å². The minimum Gasteiger partial charge on any atom is -0.496 e. The zero-order valence-corrected chi connectivity index (χ0v) is 19.8. The number of aromatic nitrogens is 1. The van der Waals surface area contributed by atoms with Crippen molar-refractivity contribution >= 4 is 56.3 Å². The van der Waals surface area contributed by atoms with Gasteiger partial charge in [-0.25, -0.2) is 0 Å². The number of nitrogens with zero attached hydrogens (tertiary/aromatic N) is 2. The molecule has 8 heteroatoms. The number of fused-ring (bicyclic) bond motifs is 2. The summed E-state index contributed by atoms with van der Waals surface area (Å²) in [7, 11) is 3.20.